The summed E-state index contributed by atoms with van der Waals surface area (Å²) in [5.41, 5.74) is 2.22. The molecule has 0 unspecified atom stereocenters. The largest absolute Gasteiger partial charge is 0.362 e. The minimum absolute atomic E-state index is 0.113. The molecule has 2 heterocycles. The standard InChI is InChI=1S/C12H16N2S2/c1-8-6-12(3,13-9(2)14(8)4)10-5-11(15)16-7-10/h5,7,13,15H,1-2,6H2,3-4H3/t12-/m0/s1. The van der Waals surface area contributed by atoms with Crippen molar-refractivity contribution in [2.75, 3.05) is 7.05 Å². The molecule has 1 N–H and O–H groups in total. The van der Waals surface area contributed by atoms with E-state index in [-0.39, 0.29) is 5.54 Å². The maximum Gasteiger partial charge on any atom is 0.0985 e. The predicted octanol–water partition coefficient (Wildman–Crippen LogP) is 3.16. The van der Waals surface area contributed by atoms with E-state index in [2.05, 4.69) is 49.5 Å². The summed E-state index contributed by atoms with van der Waals surface area (Å²) in [5, 5.41) is 5.59. The lowest BCUT2D eigenvalue weighted by atomic mass is 9.87. The van der Waals surface area contributed by atoms with Crippen LogP contribution in [0, 0.1) is 0 Å². The summed E-state index contributed by atoms with van der Waals surface area (Å²) < 4.78 is 1.04. The maximum absolute atomic E-state index is 4.36. The lowest BCUT2D eigenvalue weighted by Crippen LogP contribution is -2.48. The Morgan fingerprint density at radius 3 is 2.75 bits per heavy atom. The molecule has 1 fully saturated rings. The first-order chi connectivity index (χ1) is 7.42. The molecule has 1 saturated heterocycles. The van der Waals surface area contributed by atoms with E-state index >= 15 is 0 Å². The fourth-order valence-corrected chi connectivity index (χ4v) is 3.02. The van der Waals surface area contributed by atoms with E-state index in [1.54, 1.807) is 11.3 Å². The second-order valence-corrected chi connectivity index (χ2v) is 6.08. The van der Waals surface area contributed by atoms with Crippen molar-refractivity contribution in [3.63, 3.8) is 0 Å². The van der Waals surface area contributed by atoms with Crippen molar-refractivity contribution < 1.29 is 0 Å². The van der Waals surface area contributed by atoms with Crippen LogP contribution in [0.25, 0.3) is 0 Å². The van der Waals surface area contributed by atoms with Gasteiger partial charge in [0, 0.05) is 19.2 Å². The fourth-order valence-electron chi connectivity index (χ4n) is 1.95. The van der Waals surface area contributed by atoms with Crippen molar-refractivity contribution in [2.45, 2.75) is 23.1 Å². The SMILES string of the molecule is C=C1C[C@@](C)(c2csc(S)c2)NC(=C)N1C. The summed E-state index contributed by atoms with van der Waals surface area (Å²) in [5.74, 6) is 0.894. The summed E-state index contributed by atoms with van der Waals surface area (Å²) in [7, 11) is 1.98. The van der Waals surface area contributed by atoms with Gasteiger partial charge >= 0.3 is 0 Å². The Labute approximate surface area is 106 Å². The Morgan fingerprint density at radius 1 is 1.56 bits per heavy atom. The quantitative estimate of drug-likeness (QED) is 0.746. The summed E-state index contributed by atoms with van der Waals surface area (Å²) in [6.07, 6.45) is 0.881. The molecule has 1 aliphatic heterocycles. The molecule has 86 valence electrons. The van der Waals surface area contributed by atoms with Crippen LogP contribution in [0.4, 0.5) is 0 Å². The number of thiophene rings is 1. The van der Waals surface area contributed by atoms with E-state index in [1.807, 2.05) is 11.9 Å². The Hall–Kier alpha value is -0.870. The predicted molar refractivity (Wildman–Crippen MR) is 72.7 cm³/mol. The Kier molecular flexibility index (Phi) is 2.80. The highest BCUT2D eigenvalue weighted by atomic mass is 32.2. The number of hydrogen-bond donors (Lipinski definition) is 2. The first kappa shape index (κ1) is 11.6. The van der Waals surface area contributed by atoms with Gasteiger partial charge in [-0.05, 0) is 23.9 Å². The normalized spacial score (nSPS) is 25.8. The van der Waals surface area contributed by atoms with Crippen LogP contribution in [0.2, 0.25) is 0 Å². The van der Waals surface area contributed by atoms with Gasteiger partial charge in [-0.2, -0.15) is 0 Å². The molecule has 2 rings (SSSR count). The number of thiol groups is 1. The molecular formula is C12H16N2S2. The van der Waals surface area contributed by atoms with Crippen LogP contribution in [0.15, 0.2) is 40.3 Å². The first-order valence-corrected chi connectivity index (χ1v) is 6.41. The molecule has 16 heavy (non-hydrogen) atoms. The average Bonchev–Trinajstić information content (AvgIpc) is 2.62. The number of rotatable bonds is 1. The molecule has 4 heteroatoms. The van der Waals surface area contributed by atoms with Gasteiger partial charge in [0.1, 0.15) is 0 Å². The second-order valence-electron chi connectivity index (χ2n) is 4.38. The van der Waals surface area contributed by atoms with Crippen LogP contribution >= 0.6 is 24.0 Å². The Morgan fingerprint density at radius 2 is 2.25 bits per heavy atom. The van der Waals surface area contributed by atoms with E-state index < -0.39 is 0 Å². The van der Waals surface area contributed by atoms with Crippen LogP contribution in [-0.2, 0) is 5.54 Å². The van der Waals surface area contributed by atoms with Gasteiger partial charge in [0.2, 0.25) is 0 Å². The Bertz CT molecular complexity index is 430. The third-order valence-electron chi connectivity index (χ3n) is 3.08. The smallest absolute Gasteiger partial charge is 0.0985 e. The van der Waals surface area contributed by atoms with Crippen LogP contribution in [0.5, 0.6) is 0 Å². The summed E-state index contributed by atoms with van der Waals surface area (Å²) in [4.78, 5) is 2.00. The average molecular weight is 252 g/mol. The molecule has 2 nitrogen and oxygen atoms in total. The van der Waals surface area contributed by atoms with Gasteiger partial charge < -0.3 is 10.2 Å². The lowest BCUT2D eigenvalue weighted by Gasteiger charge is -2.43. The third-order valence-corrected chi connectivity index (χ3v) is 4.26. The van der Waals surface area contributed by atoms with Crippen molar-refractivity contribution in [1.82, 2.24) is 10.2 Å². The van der Waals surface area contributed by atoms with E-state index in [0.29, 0.717) is 0 Å². The zero-order valence-corrected chi connectivity index (χ0v) is 11.3. The van der Waals surface area contributed by atoms with E-state index in [9.17, 15) is 0 Å². The zero-order chi connectivity index (χ0) is 11.9. The van der Waals surface area contributed by atoms with Gasteiger partial charge in [-0.1, -0.05) is 13.2 Å². The topological polar surface area (TPSA) is 15.3 Å². The molecule has 0 aromatic carbocycles. The van der Waals surface area contributed by atoms with Gasteiger partial charge in [-0.15, -0.1) is 24.0 Å². The minimum Gasteiger partial charge on any atom is -0.362 e. The van der Waals surface area contributed by atoms with Gasteiger partial charge in [-0.25, -0.2) is 0 Å². The van der Waals surface area contributed by atoms with Gasteiger partial charge in [0.25, 0.3) is 0 Å². The molecule has 0 aliphatic carbocycles. The monoisotopic (exact) mass is 252 g/mol. The van der Waals surface area contributed by atoms with Crippen molar-refractivity contribution in [1.29, 1.82) is 0 Å². The Balaban J connectivity index is 2.33. The van der Waals surface area contributed by atoms with Crippen LogP contribution in [0.3, 0.4) is 0 Å². The highest BCUT2D eigenvalue weighted by Gasteiger charge is 2.34. The molecular weight excluding hydrogens is 236 g/mol. The molecule has 0 saturated carbocycles. The molecule has 1 atom stereocenters. The van der Waals surface area contributed by atoms with E-state index in [0.717, 1.165) is 22.1 Å². The van der Waals surface area contributed by atoms with E-state index in [4.69, 9.17) is 0 Å². The van der Waals surface area contributed by atoms with Crippen LogP contribution < -0.4 is 5.32 Å². The number of hydrogen-bond acceptors (Lipinski definition) is 4. The van der Waals surface area contributed by atoms with Crippen molar-refractivity contribution in [3.8, 4) is 0 Å². The minimum atomic E-state index is -0.113. The molecule has 0 radical (unpaired) electrons. The van der Waals surface area contributed by atoms with Crippen molar-refractivity contribution in [2.24, 2.45) is 0 Å². The summed E-state index contributed by atoms with van der Waals surface area (Å²) in [6.45, 7) is 10.3. The van der Waals surface area contributed by atoms with Crippen molar-refractivity contribution in [3.05, 3.63) is 41.7 Å². The first-order valence-electron chi connectivity index (χ1n) is 5.09. The van der Waals surface area contributed by atoms with Gasteiger partial charge in [-0.3, -0.25) is 0 Å². The zero-order valence-electron chi connectivity index (χ0n) is 9.58. The third kappa shape index (κ3) is 1.87. The lowest BCUT2D eigenvalue weighted by molar-refractivity contribution is 0.269. The van der Waals surface area contributed by atoms with Crippen LogP contribution in [-0.4, -0.2) is 11.9 Å². The summed E-state index contributed by atoms with van der Waals surface area (Å²) in [6, 6.07) is 2.10. The molecule has 0 spiro atoms. The van der Waals surface area contributed by atoms with Gasteiger partial charge in [0.05, 0.1) is 15.6 Å². The molecule has 0 bridgehead atoms. The van der Waals surface area contributed by atoms with Crippen molar-refractivity contribution >= 4 is 24.0 Å². The van der Waals surface area contributed by atoms with E-state index in [1.165, 1.54) is 5.56 Å². The number of nitrogens with zero attached hydrogens (tertiary/aromatic N) is 1. The molecule has 1 aliphatic rings. The van der Waals surface area contributed by atoms with Crippen LogP contribution in [0.1, 0.15) is 18.9 Å². The number of nitrogens with one attached hydrogen (secondary N) is 1. The second kappa shape index (κ2) is 3.86. The fraction of sp³-hybridized carbons (Fsp3) is 0.333. The highest BCUT2D eigenvalue weighted by Crippen LogP contribution is 2.37. The molecule has 1 aromatic heterocycles. The highest BCUT2D eigenvalue weighted by molar-refractivity contribution is 7.82. The molecule has 1 aromatic rings. The summed E-state index contributed by atoms with van der Waals surface area (Å²) >= 11 is 6.01. The maximum atomic E-state index is 4.36. The van der Waals surface area contributed by atoms with Gasteiger partial charge in [0.15, 0.2) is 0 Å². The molecule has 0 amide bonds.